The van der Waals surface area contributed by atoms with Gasteiger partial charge >= 0.3 is 0 Å². The average Bonchev–Trinajstić information content (AvgIpc) is 2.73. The molecular weight excluding hydrogens is 450 g/mol. The molecule has 0 saturated heterocycles. The third-order valence-electron chi connectivity index (χ3n) is 5.24. The van der Waals surface area contributed by atoms with Crippen LogP contribution in [-0.4, -0.2) is 51.0 Å². The highest BCUT2D eigenvalue weighted by Gasteiger charge is 2.32. The number of anilines is 1. The van der Waals surface area contributed by atoms with Gasteiger partial charge in [-0.1, -0.05) is 48.9 Å². The van der Waals surface area contributed by atoms with Gasteiger partial charge in [0.25, 0.3) is 0 Å². The first-order valence-corrected chi connectivity index (χ1v) is 12.5. The Morgan fingerprint density at radius 2 is 1.78 bits per heavy atom. The van der Waals surface area contributed by atoms with Gasteiger partial charge in [0.1, 0.15) is 12.6 Å². The van der Waals surface area contributed by atoms with Crippen molar-refractivity contribution >= 4 is 39.1 Å². The molecule has 1 N–H and O–H groups in total. The number of nitrogens with one attached hydrogen (secondary N) is 1. The van der Waals surface area contributed by atoms with Crippen molar-refractivity contribution in [2.75, 3.05) is 24.2 Å². The molecule has 174 valence electrons. The number of nitrogens with zero attached hydrogens (tertiary/aromatic N) is 2. The largest absolute Gasteiger partial charge is 0.357 e. The van der Waals surface area contributed by atoms with E-state index in [1.54, 1.807) is 44.2 Å². The third kappa shape index (κ3) is 6.23. The molecule has 32 heavy (non-hydrogen) atoms. The first kappa shape index (κ1) is 25.7. The number of carbonyl (C=O) groups excluding carboxylic acids is 2. The molecule has 0 saturated carbocycles. The van der Waals surface area contributed by atoms with E-state index >= 15 is 0 Å². The van der Waals surface area contributed by atoms with Crippen LogP contribution in [0.25, 0.3) is 0 Å². The first-order chi connectivity index (χ1) is 15.0. The summed E-state index contributed by atoms with van der Waals surface area (Å²) in [7, 11) is -2.26. The molecule has 1 unspecified atom stereocenters. The number of aryl methyl sites for hydroxylation is 2. The zero-order valence-electron chi connectivity index (χ0n) is 19.1. The van der Waals surface area contributed by atoms with Gasteiger partial charge in [0.2, 0.25) is 21.8 Å². The number of hydrogen-bond acceptors (Lipinski definition) is 4. The summed E-state index contributed by atoms with van der Waals surface area (Å²) in [6.45, 7) is 5.09. The van der Waals surface area contributed by atoms with Crippen LogP contribution in [-0.2, 0) is 26.2 Å². The summed E-state index contributed by atoms with van der Waals surface area (Å²) in [5, 5.41) is 3.05. The molecule has 0 aliphatic carbocycles. The van der Waals surface area contributed by atoms with Crippen molar-refractivity contribution in [3.05, 3.63) is 64.2 Å². The van der Waals surface area contributed by atoms with Crippen LogP contribution in [0.1, 0.15) is 30.0 Å². The van der Waals surface area contributed by atoms with Crippen molar-refractivity contribution in [1.29, 1.82) is 0 Å². The minimum absolute atomic E-state index is 0.0782. The number of rotatable bonds is 9. The number of halogens is 1. The summed E-state index contributed by atoms with van der Waals surface area (Å²) in [6, 6.07) is 11.7. The van der Waals surface area contributed by atoms with E-state index < -0.39 is 28.5 Å². The highest BCUT2D eigenvalue weighted by Crippen LogP contribution is 2.25. The monoisotopic (exact) mass is 479 g/mol. The zero-order valence-corrected chi connectivity index (χ0v) is 20.6. The van der Waals surface area contributed by atoms with Crippen LogP contribution in [0.15, 0.2) is 42.5 Å². The number of carbonyl (C=O) groups is 2. The van der Waals surface area contributed by atoms with E-state index in [2.05, 4.69) is 5.32 Å². The Balaban J connectivity index is 2.49. The highest BCUT2D eigenvalue weighted by molar-refractivity contribution is 7.92. The van der Waals surface area contributed by atoms with Crippen molar-refractivity contribution in [3.8, 4) is 0 Å². The second-order valence-corrected chi connectivity index (χ2v) is 10.0. The van der Waals surface area contributed by atoms with E-state index in [4.69, 9.17) is 11.6 Å². The standard InChI is InChI=1S/C23H30ClN3O4S/c1-6-20(23(29)25-4)26(14-18-9-7-8-10-19(18)24)22(28)15-27(32(5,30)31)21-13-16(2)11-12-17(21)3/h7-13,20H,6,14-15H2,1-5H3,(H,25,29). The van der Waals surface area contributed by atoms with Gasteiger partial charge in [-0.2, -0.15) is 0 Å². The minimum Gasteiger partial charge on any atom is -0.357 e. The van der Waals surface area contributed by atoms with E-state index in [0.717, 1.165) is 21.7 Å². The van der Waals surface area contributed by atoms with Crippen LogP contribution >= 0.6 is 11.6 Å². The molecule has 0 aliphatic heterocycles. The molecule has 0 fully saturated rings. The fourth-order valence-corrected chi connectivity index (χ4v) is 4.57. The maximum Gasteiger partial charge on any atom is 0.244 e. The summed E-state index contributed by atoms with van der Waals surface area (Å²) in [4.78, 5) is 27.4. The predicted octanol–water partition coefficient (Wildman–Crippen LogP) is 3.28. The molecule has 9 heteroatoms. The quantitative estimate of drug-likeness (QED) is 0.598. The van der Waals surface area contributed by atoms with Crippen LogP contribution in [0, 0.1) is 13.8 Å². The van der Waals surface area contributed by atoms with Gasteiger partial charge in [-0.3, -0.25) is 13.9 Å². The van der Waals surface area contributed by atoms with Gasteiger partial charge < -0.3 is 10.2 Å². The molecule has 2 rings (SSSR count). The zero-order chi connectivity index (χ0) is 24.1. The van der Waals surface area contributed by atoms with E-state index in [1.165, 1.54) is 11.9 Å². The molecule has 0 aliphatic rings. The van der Waals surface area contributed by atoms with Gasteiger partial charge in [-0.05, 0) is 49.1 Å². The lowest BCUT2D eigenvalue weighted by Gasteiger charge is -2.33. The number of benzene rings is 2. The summed E-state index contributed by atoms with van der Waals surface area (Å²) >= 11 is 6.30. The van der Waals surface area contributed by atoms with E-state index in [0.29, 0.717) is 22.7 Å². The molecule has 0 heterocycles. The number of likely N-dealkylation sites (N-methyl/N-ethyl adjacent to an activating group) is 1. The van der Waals surface area contributed by atoms with E-state index in [1.807, 2.05) is 19.1 Å². The van der Waals surface area contributed by atoms with E-state index in [-0.39, 0.29) is 12.5 Å². The molecular formula is C23H30ClN3O4S. The minimum atomic E-state index is -3.77. The average molecular weight is 480 g/mol. The summed E-state index contributed by atoms with van der Waals surface area (Å²) in [6.07, 6.45) is 1.43. The third-order valence-corrected chi connectivity index (χ3v) is 6.74. The molecule has 7 nitrogen and oxygen atoms in total. The van der Waals surface area contributed by atoms with E-state index in [9.17, 15) is 18.0 Å². The van der Waals surface area contributed by atoms with Crippen molar-refractivity contribution in [1.82, 2.24) is 10.2 Å². The molecule has 0 bridgehead atoms. The maximum atomic E-state index is 13.5. The SMILES string of the molecule is CCC(C(=O)NC)N(Cc1ccccc1Cl)C(=O)CN(c1cc(C)ccc1C)S(C)(=O)=O. The fraction of sp³-hybridized carbons (Fsp3) is 0.391. The molecule has 2 aromatic carbocycles. The molecule has 1 atom stereocenters. The smallest absolute Gasteiger partial charge is 0.244 e. The lowest BCUT2D eigenvalue weighted by molar-refractivity contribution is -0.140. The van der Waals surface area contributed by atoms with Crippen molar-refractivity contribution in [2.45, 2.75) is 39.8 Å². The van der Waals surface area contributed by atoms with Crippen LogP contribution in [0.5, 0.6) is 0 Å². The van der Waals surface area contributed by atoms with Gasteiger partial charge in [0.05, 0.1) is 11.9 Å². The number of sulfonamides is 1. The lowest BCUT2D eigenvalue weighted by atomic mass is 10.1. The summed E-state index contributed by atoms with van der Waals surface area (Å²) in [5.41, 5.74) is 2.70. The second kappa shape index (κ2) is 10.8. The van der Waals surface area contributed by atoms with Gasteiger partial charge in [-0.15, -0.1) is 0 Å². The molecule has 0 radical (unpaired) electrons. The summed E-state index contributed by atoms with van der Waals surface area (Å²) in [5.74, 6) is -0.822. The molecule has 0 spiro atoms. The highest BCUT2D eigenvalue weighted by atomic mass is 35.5. The Morgan fingerprint density at radius 1 is 1.12 bits per heavy atom. The number of amides is 2. The molecule has 0 aromatic heterocycles. The Kier molecular flexibility index (Phi) is 8.69. The Labute approximate surface area is 195 Å². The maximum absolute atomic E-state index is 13.5. The molecule has 2 aromatic rings. The lowest BCUT2D eigenvalue weighted by Crippen LogP contribution is -2.51. The first-order valence-electron chi connectivity index (χ1n) is 10.3. The molecule has 2 amide bonds. The van der Waals surface area contributed by atoms with Gasteiger partial charge in [0, 0.05) is 18.6 Å². The Hall–Kier alpha value is -2.58. The summed E-state index contributed by atoms with van der Waals surface area (Å²) < 4.78 is 26.4. The van der Waals surface area contributed by atoms with Gasteiger partial charge in [-0.25, -0.2) is 8.42 Å². The normalized spacial score (nSPS) is 12.2. The van der Waals surface area contributed by atoms with Crippen molar-refractivity contribution in [2.24, 2.45) is 0 Å². The predicted molar refractivity (Wildman–Crippen MR) is 128 cm³/mol. The second-order valence-electron chi connectivity index (χ2n) is 7.71. The van der Waals surface area contributed by atoms with Gasteiger partial charge in [0.15, 0.2) is 0 Å². The number of hydrogen-bond donors (Lipinski definition) is 1. The Morgan fingerprint density at radius 3 is 2.34 bits per heavy atom. The fourth-order valence-electron chi connectivity index (χ4n) is 3.48. The van der Waals surface area contributed by atoms with Crippen LogP contribution in [0.3, 0.4) is 0 Å². The van der Waals surface area contributed by atoms with Crippen molar-refractivity contribution in [3.63, 3.8) is 0 Å². The van der Waals surface area contributed by atoms with Crippen LogP contribution in [0.4, 0.5) is 5.69 Å². The Bertz CT molecular complexity index is 1090. The van der Waals surface area contributed by atoms with Crippen LogP contribution in [0.2, 0.25) is 5.02 Å². The van der Waals surface area contributed by atoms with Crippen molar-refractivity contribution < 1.29 is 18.0 Å². The topological polar surface area (TPSA) is 86.8 Å². The van der Waals surface area contributed by atoms with Crippen LogP contribution < -0.4 is 9.62 Å².